The number of nitrogens with one attached hydrogen (secondary N) is 1. The van der Waals surface area contributed by atoms with Crippen LogP contribution in [0.1, 0.15) is 32.1 Å². The number of thioether (sulfide) groups is 1. The Kier molecular flexibility index (Phi) is 5.06. The Hall–Kier alpha value is -1.75. The molecule has 1 atom stereocenters. The lowest BCUT2D eigenvalue weighted by Crippen LogP contribution is -2.42. The molecule has 1 aromatic carbocycles. The van der Waals surface area contributed by atoms with E-state index >= 15 is 0 Å². The van der Waals surface area contributed by atoms with E-state index in [0.717, 1.165) is 23.4 Å². The van der Waals surface area contributed by atoms with Crippen molar-refractivity contribution < 1.29 is 9.59 Å². The molecule has 1 aromatic rings. The van der Waals surface area contributed by atoms with Crippen molar-refractivity contribution in [2.75, 3.05) is 11.9 Å². The third-order valence-corrected chi connectivity index (χ3v) is 5.75. The van der Waals surface area contributed by atoms with Crippen LogP contribution >= 0.6 is 11.8 Å². The fraction of sp³-hybridized carbons (Fsp3) is 0.444. The number of benzene rings is 1. The standard InChI is InChI=1S/C18H22N2O2S/c1-2-11-20(13-7-3-4-8-13)17(21)12-16-18(22)19-14-9-5-6-10-15(14)23-16/h2,5-6,9-10,13,16H,1,3-4,7-8,11-12H2,(H,19,22). The number of rotatable bonds is 5. The van der Waals surface area contributed by atoms with Gasteiger partial charge in [0.25, 0.3) is 0 Å². The summed E-state index contributed by atoms with van der Waals surface area (Å²) < 4.78 is 0. The van der Waals surface area contributed by atoms with Crippen LogP contribution in [0.2, 0.25) is 0 Å². The van der Waals surface area contributed by atoms with Crippen molar-refractivity contribution in [3.8, 4) is 0 Å². The van der Waals surface area contributed by atoms with E-state index in [2.05, 4.69) is 11.9 Å². The monoisotopic (exact) mass is 330 g/mol. The quantitative estimate of drug-likeness (QED) is 0.841. The molecule has 0 aromatic heterocycles. The molecule has 23 heavy (non-hydrogen) atoms. The van der Waals surface area contributed by atoms with E-state index in [1.807, 2.05) is 29.2 Å². The summed E-state index contributed by atoms with van der Waals surface area (Å²) in [6.07, 6.45) is 6.50. The number of fused-ring (bicyclic) bond motifs is 1. The van der Waals surface area contributed by atoms with Crippen molar-refractivity contribution in [1.82, 2.24) is 4.90 Å². The first-order valence-corrected chi connectivity index (χ1v) is 9.04. The fourth-order valence-corrected chi connectivity index (χ4v) is 4.41. The second kappa shape index (κ2) is 7.21. The maximum absolute atomic E-state index is 12.7. The Bertz CT molecular complexity index is 611. The van der Waals surface area contributed by atoms with Gasteiger partial charge in [0.1, 0.15) is 0 Å². The zero-order chi connectivity index (χ0) is 16.2. The minimum Gasteiger partial charge on any atom is -0.336 e. The van der Waals surface area contributed by atoms with Gasteiger partial charge in [0, 0.05) is 23.9 Å². The number of hydrogen-bond donors (Lipinski definition) is 1. The molecule has 0 spiro atoms. The van der Waals surface area contributed by atoms with Crippen molar-refractivity contribution in [1.29, 1.82) is 0 Å². The molecule has 1 saturated carbocycles. The minimum atomic E-state index is -0.355. The molecule has 3 rings (SSSR count). The minimum absolute atomic E-state index is 0.0591. The molecule has 1 unspecified atom stereocenters. The molecule has 2 amide bonds. The van der Waals surface area contributed by atoms with E-state index in [1.165, 1.54) is 24.6 Å². The summed E-state index contributed by atoms with van der Waals surface area (Å²) in [5, 5.41) is 2.55. The van der Waals surface area contributed by atoms with Crippen LogP contribution in [0.25, 0.3) is 0 Å². The highest BCUT2D eigenvalue weighted by Gasteiger charge is 2.32. The average molecular weight is 330 g/mol. The molecule has 1 aliphatic carbocycles. The van der Waals surface area contributed by atoms with Gasteiger partial charge in [-0.25, -0.2) is 0 Å². The van der Waals surface area contributed by atoms with E-state index < -0.39 is 0 Å². The Morgan fingerprint density at radius 2 is 2.09 bits per heavy atom. The zero-order valence-corrected chi connectivity index (χ0v) is 14.0. The molecule has 0 saturated heterocycles. The molecule has 122 valence electrons. The molecule has 0 bridgehead atoms. The van der Waals surface area contributed by atoms with E-state index in [-0.39, 0.29) is 23.5 Å². The number of anilines is 1. The van der Waals surface area contributed by atoms with Gasteiger partial charge in [-0.3, -0.25) is 9.59 Å². The Morgan fingerprint density at radius 3 is 2.83 bits per heavy atom. The van der Waals surface area contributed by atoms with Crippen LogP contribution < -0.4 is 5.32 Å². The first-order valence-electron chi connectivity index (χ1n) is 8.16. The third kappa shape index (κ3) is 3.61. The molecule has 1 heterocycles. The maximum Gasteiger partial charge on any atom is 0.238 e. The Morgan fingerprint density at radius 1 is 1.35 bits per heavy atom. The van der Waals surface area contributed by atoms with Crippen molar-refractivity contribution in [3.05, 3.63) is 36.9 Å². The van der Waals surface area contributed by atoms with E-state index in [1.54, 1.807) is 6.08 Å². The van der Waals surface area contributed by atoms with Gasteiger partial charge < -0.3 is 10.2 Å². The van der Waals surface area contributed by atoms with Crippen molar-refractivity contribution in [3.63, 3.8) is 0 Å². The number of hydrogen-bond acceptors (Lipinski definition) is 3. The van der Waals surface area contributed by atoms with Gasteiger partial charge in [0.05, 0.1) is 10.9 Å². The highest BCUT2D eigenvalue weighted by Crippen LogP contribution is 2.37. The SMILES string of the molecule is C=CCN(C(=O)CC1Sc2ccccc2NC1=O)C1CCCC1. The van der Waals surface area contributed by atoms with Crippen LogP contribution in [0, 0.1) is 0 Å². The summed E-state index contributed by atoms with van der Waals surface area (Å²) >= 11 is 1.49. The van der Waals surface area contributed by atoms with Crippen LogP contribution in [0.3, 0.4) is 0 Å². The molecule has 4 nitrogen and oxygen atoms in total. The lowest BCUT2D eigenvalue weighted by molar-refractivity contribution is -0.134. The summed E-state index contributed by atoms with van der Waals surface area (Å²) in [7, 11) is 0. The molecule has 1 aliphatic heterocycles. The molecule has 2 aliphatic rings. The van der Waals surface area contributed by atoms with Crippen LogP contribution in [-0.2, 0) is 9.59 Å². The largest absolute Gasteiger partial charge is 0.336 e. The molecule has 5 heteroatoms. The predicted octanol–water partition coefficient (Wildman–Crippen LogP) is 3.45. The molecule has 1 N–H and O–H groups in total. The maximum atomic E-state index is 12.7. The smallest absolute Gasteiger partial charge is 0.238 e. The summed E-state index contributed by atoms with van der Waals surface area (Å²) in [4.78, 5) is 27.9. The lowest BCUT2D eigenvalue weighted by Gasteiger charge is -2.30. The first kappa shape index (κ1) is 16.1. The Labute approximate surface area is 141 Å². The summed E-state index contributed by atoms with van der Waals surface area (Å²) in [6, 6.07) is 8.03. The van der Waals surface area contributed by atoms with Gasteiger partial charge in [-0.15, -0.1) is 18.3 Å². The van der Waals surface area contributed by atoms with Crippen molar-refractivity contribution in [2.24, 2.45) is 0 Å². The van der Waals surface area contributed by atoms with Crippen LogP contribution in [0.4, 0.5) is 5.69 Å². The van der Waals surface area contributed by atoms with Gasteiger partial charge in [0.15, 0.2) is 0 Å². The Balaban J connectivity index is 1.69. The number of nitrogens with zero attached hydrogens (tertiary/aromatic N) is 1. The second-order valence-electron chi connectivity index (χ2n) is 6.07. The topological polar surface area (TPSA) is 49.4 Å². The summed E-state index contributed by atoms with van der Waals surface area (Å²) in [5.74, 6) is -0.0177. The average Bonchev–Trinajstić information content (AvgIpc) is 3.07. The number of carbonyl (C=O) groups excluding carboxylic acids is 2. The zero-order valence-electron chi connectivity index (χ0n) is 13.2. The van der Waals surface area contributed by atoms with E-state index in [9.17, 15) is 9.59 Å². The van der Waals surface area contributed by atoms with E-state index in [4.69, 9.17) is 0 Å². The molecular weight excluding hydrogens is 308 g/mol. The van der Waals surface area contributed by atoms with Gasteiger partial charge in [-0.05, 0) is 25.0 Å². The normalized spacial score (nSPS) is 20.7. The fourth-order valence-electron chi connectivity index (χ4n) is 3.31. The van der Waals surface area contributed by atoms with Crippen molar-refractivity contribution >= 4 is 29.3 Å². The number of amides is 2. The van der Waals surface area contributed by atoms with Gasteiger partial charge in [0.2, 0.25) is 11.8 Å². The van der Waals surface area contributed by atoms with E-state index in [0.29, 0.717) is 12.6 Å². The predicted molar refractivity (Wildman–Crippen MR) is 93.5 cm³/mol. The summed E-state index contributed by atoms with van der Waals surface area (Å²) in [5.41, 5.74) is 0.838. The van der Waals surface area contributed by atoms with Gasteiger partial charge in [-0.2, -0.15) is 0 Å². The number of para-hydroxylation sites is 1. The van der Waals surface area contributed by atoms with Crippen LogP contribution in [0.15, 0.2) is 41.8 Å². The second-order valence-corrected chi connectivity index (χ2v) is 7.31. The first-order chi connectivity index (χ1) is 11.2. The third-order valence-electron chi connectivity index (χ3n) is 4.48. The molecular formula is C18H22N2O2S. The highest BCUT2D eigenvalue weighted by molar-refractivity contribution is 8.01. The van der Waals surface area contributed by atoms with Gasteiger partial charge >= 0.3 is 0 Å². The number of carbonyl (C=O) groups is 2. The lowest BCUT2D eigenvalue weighted by atomic mass is 10.1. The van der Waals surface area contributed by atoms with Crippen LogP contribution in [0.5, 0.6) is 0 Å². The van der Waals surface area contributed by atoms with Crippen molar-refractivity contribution in [2.45, 2.75) is 48.3 Å². The molecule has 1 fully saturated rings. The van der Waals surface area contributed by atoms with Gasteiger partial charge in [-0.1, -0.05) is 31.1 Å². The molecule has 0 radical (unpaired) electrons. The highest BCUT2D eigenvalue weighted by atomic mass is 32.2. The summed E-state index contributed by atoms with van der Waals surface area (Å²) in [6.45, 7) is 4.34. The van der Waals surface area contributed by atoms with Crippen LogP contribution in [-0.4, -0.2) is 34.6 Å².